The number of carbonyl (C=O) groups is 2. The Morgan fingerprint density at radius 1 is 1.46 bits per heavy atom. The molecule has 2 rings (SSSR count). The first-order chi connectivity index (χ1) is 6.24. The molecule has 2 aliphatic rings. The highest BCUT2D eigenvalue weighted by molar-refractivity contribution is 5.98. The molecule has 1 aliphatic heterocycles. The number of nitrogens with one attached hydrogen (secondary N) is 1. The van der Waals surface area contributed by atoms with E-state index in [2.05, 4.69) is 5.32 Å². The van der Waals surface area contributed by atoms with Crippen LogP contribution in [0.25, 0.3) is 0 Å². The van der Waals surface area contributed by atoms with E-state index in [-0.39, 0.29) is 23.9 Å². The van der Waals surface area contributed by atoms with Crippen LogP contribution >= 0.6 is 0 Å². The quantitative estimate of drug-likeness (QED) is 0.649. The Labute approximate surface area is 77.3 Å². The maximum atomic E-state index is 11.7. The Morgan fingerprint density at radius 2 is 2.23 bits per heavy atom. The number of carbonyl (C=O) groups excluding carboxylic acids is 2. The normalized spacial score (nSPS) is 33.2. The lowest BCUT2D eigenvalue weighted by atomic mass is 10.00. The van der Waals surface area contributed by atoms with Crippen molar-refractivity contribution in [1.82, 2.24) is 10.2 Å². The van der Waals surface area contributed by atoms with Crippen LogP contribution in [-0.2, 0) is 4.79 Å². The molecule has 1 saturated carbocycles. The van der Waals surface area contributed by atoms with Gasteiger partial charge in [0.1, 0.15) is 0 Å². The summed E-state index contributed by atoms with van der Waals surface area (Å²) in [5.74, 6) is 0.0754. The summed E-state index contributed by atoms with van der Waals surface area (Å²) in [6.45, 7) is 2.31. The smallest absolute Gasteiger partial charge is 0.324 e. The van der Waals surface area contributed by atoms with Crippen LogP contribution in [-0.4, -0.2) is 29.4 Å². The number of urea groups is 1. The highest BCUT2D eigenvalue weighted by Crippen LogP contribution is 2.30. The van der Waals surface area contributed by atoms with Gasteiger partial charge in [0.05, 0.1) is 5.92 Å². The summed E-state index contributed by atoms with van der Waals surface area (Å²) in [6.07, 6.45) is 2.94. The van der Waals surface area contributed by atoms with Crippen molar-refractivity contribution >= 4 is 11.9 Å². The van der Waals surface area contributed by atoms with E-state index in [1.807, 2.05) is 6.92 Å². The minimum atomic E-state index is -0.212. The van der Waals surface area contributed by atoms with Gasteiger partial charge in [0.15, 0.2) is 0 Å². The highest BCUT2D eigenvalue weighted by Gasteiger charge is 2.42. The molecule has 4 heteroatoms. The van der Waals surface area contributed by atoms with Crippen molar-refractivity contribution in [1.29, 1.82) is 0 Å². The van der Waals surface area contributed by atoms with Crippen LogP contribution in [0.3, 0.4) is 0 Å². The van der Waals surface area contributed by atoms with Gasteiger partial charge in [0, 0.05) is 12.6 Å². The van der Waals surface area contributed by atoms with Crippen LogP contribution in [0.2, 0.25) is 0 Å². The van der Waals surface area contributed by atoms with Gasteiger partial charge in [-0.1, -0.05) is 6.42 Å². The highest BCUT2D eigenvalue weighted by atomic mass is 16.2. The summed E-state index contributed by atoms with van der Waals surface area (Å²) in [4.78, 5) is 24.4. The lowest BCUT2D eigenvalue weighted by molar-refractivity contribution is -0.134. The van der Waals surface area contributed by atoms with Crippen LogP contribution in [0, 0.1) is 5.92 Å². The molecule has 0 aromatic carbocycles. The second-order valence-corrected chi connectivity index (χ2v) is 3.68. The van der Waals surface area contributed by atoms with Gasteiger partial charge in [-0.05, 0) is 19.8 Å². The molecule has 13 heavy (non-hydrogen) atoms. The van der Waals surface area contributed by atoms with E-state index in [9.17, 15) is 9.59 Å². The molecule has 1 N–H and O–H groups in total. The third-order valence-corrected chi connectivity index (χ3v) is 2.97. The molecule has 2 fully saturated rings. The number of rotatable bonds is 1. The summed E-state index contributed by atoms with van der Waals surface area (Å²) >= 11 is 0. The van der Waals surface area contributed by atoms with Crippen LogP contribution in [0.15, 0.2) is 0 Å². The van der Waals surface area contributed by atoms with Crippen LogP contribution in [0.5, 0.6) is 0 Å². The zero-order chi connectivity index (χ0) is 9.42. The zero-order valence-corrected chi connectivity index (χ0v) is 7.75. The molecule has 1 saturated heterocycles. The maximum Gasteiger partial charge on any atom is 0.324 e. The van der Waals surface area contributed by atoms with Crippen LogP contribution in [0.4, 0.5) is 4.79 Å². The third-order valence-electron chi connectivity index (χ3n) is 2.97. The van der Waals surface area contributed by atoms with Crippen LogP contribution < -0.4 is 5.32 Å². The summed E-state index contributed by atoms with van der Waals surface area (Å²) in [7, 11) is 0. The topological polar surface area (TPSA) is 49.4 Å². The molecular weight excluding hydrogens is 168 g/mol. The average Bonchev–Trinajstić information content (AvgIpc) is 2.53. The fourth-order valence-electron chi connectivity index (χ4n) is 2.26. The first kappa shape index (κ1) is 8.53. The van der Waals surface area contributed by atoms with Crippen molar-refractivity contribution in [3.8, 4) is 0 Å². The molecule has 0 spiro atoms. The Balaban J connectivity index is 2.19. The van der Waals surface area contributed by atoms with Gasteiger partial charge < -0.3 is 5.32 Å². The Hall–Kier alpha value is -1.06. The van der Waals surface area contributed by atoms with E-state index < -0.39 is 0 Å². The van der Waals surface area contributed by atoms with Gasteiger partial charge in [-0.3, -0.25) is 9.69 Å². The van der Waals surface area contributed by atoms with Crippen molar-refractivity contribution in [3.63, 3.8) is 0 Å². The number of imide groups is 1. The van der Waals surface area contributed by atoms with Crippen molar-refractivity contribution in [2.45, 2.75) is 32.2 Å². The summed E-state index contributed by atoms with van der Waals surface area (Å²) in [5.41, 5.74) is 0. The van der Waals surface area contributed by atoms with Gasteiger partial charge in [0.2, 0.25) is 5.91 Å². The predicted octanol–water partition coefficient (Wildman–Crippen LogP) is 0.727. The SMILES string of the molecule is CCN1C(=O)NC2CCCC2C1=O. The second kappa shape index (κ2) is 3.01. The monoisotopic (exact) mass is 182 g/mol. The Morgan fingerprint density at radius 3 is 2.92 bits per heavy atom. The summed E-state index contributed by atoms with van der Waals surface area (Å²) in [5, 5.41) is 2.88. The van der Waals surface area contributed by atoms with Crippen molar-refractivity contribution in [2.24, 2.45) is 5.92 Å². The van der Waals surface area contributed by atoms with Crippen LogP contribution in [0.1, 0.15) is 26.2 Å². The molecule has 2 unspecified atom stereocenters. The van der Waals surface area contributed by atoms with E-state index in [0.29, 0.717) is 6.54 Å². The van der Waals surface area contributed by atoms with E-state index in [4.69, 9.17) is 0 Å². The maximum absolute atomic E-state index is 11.7. The number of fused-ring (bicyclic) bond motifs is 1. The van der Waals surface area contributed by atoms with Gasteiger partial charge >= 0.3 is 6.03 Å². The summed E-state index contributed by atoms with van der Waals surface area (Å²) < 4.78 is 0. The fraction of sp³-hybridized carbons (Fsp3) is 0.778. The minimum Gasteiger partial charge on any atom is -0.334 e. The largest absolute Gasteiger partial charge is 0.334 e. The van der Waals surface area contributed by atoms with Crippen molar-refractivity contribution < 1.29 is 9.59 Å². The molecule has 0 aromatic rings. The Bertz CT molecular complexity index is 252. The minimum absolute atomic E-state index is 0.0220. The van der Waals surface area contributed by atoms with E-state index >= 15 is 0 Å². The molecule has 0 radical (unpaired) electrons. The summed E-state index contributed by atoms with van der Waals surface area (Å²) in [6, 6.07) is -0.0987. The van der Waals surface area contributed by atoms with Crippen molar-refractivity contribution in [3.05, 3.63) is 0 Å². The standard InChI is InChI=1S/C9H14N2O2/c1-2-11-8(12)6-4-3-5-7(6)10-9(11)13/h6-7H,2-5H2,1H3,(H,10,13). The molecule has 1 aliphatic carbocycles. The van der Waals surface area contributed by atoms with Gasteiger partial charge in [0.25, 0.3) is 0 Å². The fourth-order valence-corrected chi connectivity index (χ4v) is 2.26. The lowest BCUT2D eigenvalue weighted by Crippen LogP contribution is -2.58. The van der Waals surface area contributed by atoms with Gasteiger partial charge in [-0.15, -0.1) is 0 Å². The molecular formula is C9H14N2O2. The zero-order valence-electron chi connectivity index (χ0n) is 7.75. The van der Waals surface area contributed by atoms with E-state index in [1.54, 1.807) is 0 Å². The van der Waals surface area contributed by atoms with Crippen molar-refractivity contribution in [2.75, 3.05) is 6.54 Å². The van der Waals surface area contributed by atoms with Gasteiger partial charge in [-0.25, -0.2) is 4.79 Å². The third kappa shape index (κ3) is 1.20. The molecule has 3 amide bonds. The predicted molar refractivity (Wildman–Crippen MR) is 47.0 cm³/mol. The molecule has 0 aromatic heterocycles. The number of amides is 3. The molecule has 72 valence electrons. The molecule has 0 bridgehead atoms. The Kier molecular flexibility index (Phi) is 1.98. The number of hydrogen-bond donors (Lipinski definition) is 1. The second-order valence-electron chi connectivity index (χ2n) is 3.68. The molecule has 2 atom stereocenters. The number of nitrogens with zero attached hydrogens (tertiary/aromatic N) is 1. The molecule has 4 nitrogen and oxygen atoms in total. The average molecular weight is 182 g/mol. The first-order valence-corrected chi connectivity index (χ1v) is 4.86. The first-order valence-electron chi connectivity index (χ1n) is 4.86. The lowest BCUT2D eigenvalue weighted by Gasteiger charge is -2.33. The molecule has 1 heterocycles. The van der Waals surface area contributed by atoms with Gasteiger partial charge in [-0.2, -0.15) is 0 Å². The van der Waals surface area contributed by atoms with E-state index in [0.717, 1.165) is 19.3 Å². The van der Waals surface area contributed by atoms with E-state index in [1.165, 1.54) is 4.90 Å². The number of hydrogen-bond acceptors (Lipinski definition) is 2.